The van der Waals surface area contributed by atoms with E-state index in [2.05, 4.69) is 0 Å². The molecule has 0 amide bonds. The van der Waals surface area contributed by atoms with Gasteiger partial charge in [0, 0.05) is 18.4 Å². The van der Waals surface area contributed by atoms with E-state index in [9.17, 15) is 22.8 Å². The van der Waals surface area contributed by atoms with Gasteiger partial charge in [-0.15, -0.1) is 0 Å². The lowest BCUT2D eigenvalue weighted by Gasteiger charge is -2.13. The van der Waals surface area contributed by atoms with Gasteiger partial charge < -0.3 is 13.6 Å². The van der Waals surface area contributed by atoms with Crippen LogP contribution in [0.5, 0.6) is 5.75 Å². The molecule has 154 valence electrons. The zero-order chi connectivity index (χ0) is 21.6. The number of benzene rings is 2. The summed E-state index contributed by atoms with van der Waals surface area (Å²) >= 11 is 0. The van der Waals surface area contributed by atoms with Gasteiger partial charge in [-0.1, -0.05) is 25.1 Å². The Kier molecular flexibility index (Phi) is 4.64. The van der Waals surface area contributed by atoms with Gasteiger partial charge in [0.2, 0.25) is 11.2 Å². The van der Waals surface area contributed by atoms with Crippen molar-refractivity contribution in [2.45, 2.75) is 26.4 Å². The third-order valence-electron chi connectivity index (χ3n) is 4.64. The number of furan rings is 1. The summed E-state index contributed by atoms with van der Waals surface area (Å²) in [5.41, 5.74) is -1.08. The summed E-state index contributed by atoms with van der Waals surface area (Å²) in [6, 6.07) is 10.5. The second-order valence-corrected chi connectivity index (χ2v) is 6.68. The Morgan fingerprint density at radius 2 is 1.80 bits per heavy atom. The highest BCUT2D eigenvalue weighted by molar-refractivity contribution is 5.88. The molecule has 0 spiro atoms. The number of hydrogen-bond donors (Lipinski definition) is 0. The molecule has 2 heterocycles. The highest BCUT2D eigenvalue weighted by Crippen LogP contribution is 2.39. The second-order valence-electron chi connectivity index (χ2n) is 6.68. The number of ether oxygens (including phenoxy) is 1. The van der Waals surface area contributed by atoms with Crippen molar-refractivity contribution in [2.75, 3.05) is 0 Å². The van der Waals surface area contributed by atoms with Crippen LogP contribution in [0.15, 0.2) is 56.1 Å². The predicted octanol–water partition coefficient (Wildman–Crippen LogP) is 5.71. The molecule has 0 N–H and O–H groups in total. The van der Waals surface area contributed by atoms with Gasteiger partial charge in [0.15, 0.2) is 0 Å². The Bertz CT molecular complexity index is 1310. The first kappa shape index (κ1) is 19.8. The zero-order valence-electron chi connectivity index (χ0n) is 15.9. The van der Waals surface area contributed by atoms with Crippen molar-refractivity contribution in [3.63, 3.8) is 0 Å². The van der Waals surface area contributed by atoms with Gasteiger partial charge in [0.1, 0.15) is 28.2 Å². The van der Waals surface area contributed by atoms with Crippen molar-refractivity contribution in [1.29, 1.82) is 0 Å². The van der Waals surface area contributed by atoms with Crippen molar-refractivity contribution < 1.29 is 31.5 Å². The van der Waals surface area contributed by atoms with Gasteiger partial charge >= 0.3 is 12.1 Å². The van der Waals surface area contributed by atoms with Gasteiger partial charge in [0.25, 0.3) is 0 Å². The number of halogens is 3. The normalized spacial score (nSPS) is 11.9. The van der Waals surface area contributed by atoms with Crippen LogP contribution in [0.4, 0.5) is 13.2 Å². The average molecular weight is 416 g/mol. The standard InChI is InChI=1S/C22H15F3O5/c1-3-12-8-14-17(10-16(12)28-11(2)26)30-21(22(23,24)25)19(20(14)27)18-9-13-6-4-5-7-15(13)29-18/h4-10H,3H2,1-2H3. The van der Waals surface area contributed by atoms with Crippen LogP contribution in [-0.2, 0) is 17.4 Å². The maximum absolute atomic E-state index is 13.8. The van der Waals surface area contributed by atoms with Crippen LogP contribution in [0.3, 0.4) is 0 Å². The van der Waals surface area contributed by atoms with E-state index >= 15 is 0 Å². The molecule has 0 saturated carbocycles. The van der Waals surface area contributed by atoms with E-state index < -0.39 is 28.9 Å². The Hall–Kier alpha value is -3.55. The molecule has 0 aliphatic carbocycles. The number of para-hydroxylation sites is 1. The Labute approximate surface area is 167 Å². The van der Waals surface area contributed by atoms with E-state index in [1.54, 1.807) is 31.2 Å². The summed E-state index contributed by atoms with van der Waals surface area (Å²) in [5, 5.41) is 0.491. The topological polar surface area (TPSA) is 69.7 Å². The number of carbonyl (C=O) groups excluding carboxylic acids is 1. The monoisotopic (exact) mass is 416 g/mol. The first-order chi connectivity index (χ1) is 14.2. The van der Waals surface area contributed by atoms with Gasteiger partial charge in [-0.3, -0.25) is 9.59 Å². The van der Waals surface area contributed by atoms with E-state index in [1.807, 2.05) is 0 Å². The lowest BCUT2D eigenvalue weighted by Crippen LogP contribution is -2.16. The number of esters is 1. The molecule has 0 atom stereocenters. The van der Waals surface area contributed by atoms with E-state index in [-0.39, 0.29) is 22.5 Å². The lowest BCUT2D eigenvalue weighted by atomic mass is 10.0. The number of rotatable bonds is 3. The van der Waals surface area contributed by atoms with Gasteiger partial charge in [0.05, 0.1) is 5.39 Å². The van der Waals surface area contributed by atoms with E-state index in [0.717, 1.165) is 6.07 Å². The van der Waals surface area contributed by atoms with Crippen LogP contribution in [0.1, 0.15) is 25.2 Å². The number of hydrogen-bond acceptors (Lipinski definition) is 5. The summed E-state index contributed by atoms with van der Waals surface area (Å²) in [4.78, 5) is 24.5. The molecular weight excluding hydrogens is 401 g/mol. The molecule has 0 fully saturated rings. The Morgan fingerprint density at radius 1 is 1.07 bits per heavy atom. The molecule has 0 aliphatic rings. The molecule has 5 nitrogen and oxygen atoms in total. The second kappa shape index (κ2) is 7.05. The molecule has 30 heavy (non-hydrogen) atoms. The molecule has 4 aromatic rings. The lowest BCUT2D eigenvalue weighted by molar-refractivity contribution is -0.152. The van der Waals surface area contributed by atoms with Crippen molar-refractivity contribution >= 4 is 27.9 Å². The third-order valence-corrected chi connectivity index (χ3v) is 4.64. The molecule has 0 saturated heterocycles. The minimum absolute atomic E-state index is 0.0465. The largest absolute Gasteiger partial charge is 0.456 e. The molecule has 0 bridgehead atoms. The highest BCUT2D eigenvalue weighted by atomic mass is 19.4. The third kappa shape index (κ3) is 3.34. The van der Waals surface area contributed by atoms with Crippen molar-refractivity contribution in [3.05, 3.63) is 64.0 Å². The SMILES string of the molecule is CCc1cc2c(=O)c(-c3cc4ccccc4o3)c(C(F)(F)F)oc2cc1OC(C)=O. The van der Waals surface area contributed by atoms with Crippen LogP contribution in [0.2, 0.25) is 0 Å². The highest BCUT2D eigenvalue weighted by Gasteiger charge is 2.40. The van der Waals surface area contributed by atoms with Crippen LogP contribution in [-0.4, -0.2) is 5.97 Å². The summed E-state index contributed by atoms with van der Waals surface area (Å²) in [5.74, 6) is -2.30. The smallest absolute Gasteiger partial charge is 0.450 e. The predicted molar refractivity (Wildman–Crippen MR) is 103 cm³/mol. The summed E-state index contributed by atoms with van der Waals surface area (Å²) < 4.78 is 57.1. The first-order valence-corrected chi connectivity index (χ1v) is 9.07. The van der Waals surface area contributed by atoms with Crippen molar-refractivity contribution in [3.8, 4) is 17.1 Å². The number of carbonyl (C=O) groups is 1. The summed E-state index contributed by atoms with van der Waals surface area (Å²) in [7, 11) is 0. The van der Waals surface area contributed by atoms with E-state index in [0.29, 0.717) is 23.0 Å². The Morgan fingerprint density at radius 3 is 2.43 bits per heavy atom. The van der Waals surface area contributed by atoms with Crippen LogP contribution in [0, 0.1) is 0 Å². The van der Waals surface area contributed by atoms with Crippen LogP contribution < -0.4 is 10.2 Å². The Balaban J connectivity index is 2.07. The van der Waals surface area contributed by atoms with Gasteiger partial charge in [-0.25, -0.2) is 0 Å². The molecular formula is C22H15F3O5. The fourth-order valence-electron chi connectivity index (χ4n) is 3.32. The van der Waals surface area contributed by atoms with E-state index in [4.69, 9.17) is 13.6 Å². The molecule has 4 rings (SSSR count). The van der Waals surface area contributed by atoms with Crippen molar-refractivity contribution in [2.24, 2.45) is 0 Å². The van der Waals surface area contributed by atoms with Gasteiger partial charge in [-0.05, 0) is 30.2 Å². The van der Waals surface area contributed by atoms with E-state index in [1.165, 1.54) is 19.1 Å². The fourth-order valence-corrected chi connectivity index (χ4v) is 3.32. The quantitative estimate of drug-likeness (QED) is 0.316. The minimum Gasteiger partial charge on any atom is -0.456 e. The summed E-state index contributed by atoms with van der Waals surface area (Å²) in [6.45, 7) is 2.94. The number of fused-ring (bicyclic) bond motifs is 2. The maximum atomic E-state index is 13.8. The van der Waals surface area contributed by atoms with Crippen LogP contribution in [0.25, 0.3) is 33.3 Å². The molecule has 0 radical (unpaired) electrons. The molecule has 8 heteroatoms. The zero-order valence-corrected chi connectivity index (χ0v) is 15.9. The molecule has 0 aliphatic heterocycles. The first-order valence-electron chi connectivity index (χ1n) is 9.07. The fraction of sp³-hybridized carbons (Fsp3) is 0.182. The number of alkyl halides is 3. The minimum atomic E-state index is -4.95. The summed E-state index contributed by atoms with van der Waals surface area (Å²) in [6.07, 6.45) is -4.56. The average Bonchev–Trinajstić information content (AvgIpc) is 3.10. The maximum Gasteiger partial charge on any atom is 0.450 e. The van der Waals surface area contributed by atoms with Crippen LogP contribution >= 0.6 is 0 Å². The van der Waals surface area contributed by atoms with Gasteiger partial charge in [-0.2, -0.15) is 13.2 Å². The van der Waals surface area contributed by atoms with Crippen molar-refractivity contribution in [1.82, 2.24) is 0 Å². The molecule has 0 unspecified atom stereocenters. The number of aryl methyl sites for hydroxylation is 1. The molecule has 2 aromatic heterocycles. The molecule has 2 aromatic carbocycles.